The molecule has 1 fully saturated rings. The number of nitrogens with one attached hydrogen (secondary N) is 1. The highest BCUT2D eigenvalue weighted by Crippen LogP contribution is 2.29. The summed E-state index contributed by atoms with van der Waals surface area (Å²) in [5.41, 5.74) is 2.56. The number of halogens is 3. The minimum atomic E-state index is -4.53. The molecule has 0 spiro atoms. The summed E-state index contributed by atoms with van der Waals surface area (Å²) in [5, 5.41) is 2.97. The van der Waals surface area contributed by atoms with Crippen molar-refractivity contribution < 1.29 is 18.0 Å². The van der Waals surface area contributed by atoms with E-state index in [0.717, 1.165) is 35.4 Å². The molecule has 1 atom stereocenters. The van der Waals surface area contributed by atoms with E-state index >= 15 is 0 Å². The van der Waals surface area contributed by atoms with Crippen molar-refractivity contribution in [3.8, 4) is 11.1 Å². The first kappa shape index (κ1) is 21.8. The summed E-state index contributed by atoms with van der Waals surface area (Å²) in [5.74, 6) is -0.181. The van der Waals surface area contributed by atoms with Gasteiger partial charge in [-0.25, -0.2) is 9.97 Å². The van der Waals surface area contributed by atoms with Crippen LogP contribution in [0.5, 0.6) is 0 Å². The summed E-state index contributed by atoms with van der Waals surface area (Å²) >= 11 is 0. The molecule has 1 unspecified atom stereocenters. The van der Waals surface area contributed by atoms with E-state index in [1.54, 1.807) is 4.90 Å². The van der Waals surface area contributed by atoms with Crippen molar-refractivity contribution in [1.82, 2.24) is 14.9 Å². The Morgan fingerprint density at radius 2 is 1.78 bits per heavy atom. The summed E-state index contributed by atoms with van der Waals surface area (Å²) in [6.07, 6.45) is -2.01. The molecule has 2 heterocycles. The maximum absolute atomic E-state index is 13.4. The van der Waals surface area contributed by atoms with Gasteiger partial charge in [0, 0.05) is 30.9 Å². The zero-order chi connectivity index (χ0) is 22.7. The number of aromatic nitrogens is 2. The van der Waals surface area contributed by atoms with Crippen molar-refractivity contribution in [2.75, 3.05) is 18.4 Å². The lowest BCUT2D eigenvalue weighted by Gasteiger charge is -2.33. The topological polar surface area (TPSA) is 58.1 Å². The van der Waals surface area contributed by atoms with Crippen LogP contribution in [0.15, 0.2) is 60.8 Å². The average molecular weight is 440 g/mol. The van der Waals surface area contributed by atoms with Crippen molar-refractivity contribution >= 4 is 11.9 Å². The van der Waals surface area contributed by atoms with E-state index in [2.05, 4.69) is 15.3 Å². The number of likely N-dealkylation sites (tertiary alicyclic amines) is 1. The predicted octanol–water partition coefficient (Wildman–Crippen LogP) is 5.19. The van der Waals surface area contributed by atoms with Gasteiger partial charge in [0.1, 0.15) is 5.69 Å². The van der Waals surface area contributed by atoms with Crippen molar-refractivity contribution in [2.24, 2.45) is 0 Å². The molecule has 1 N–H and O–H groups in total. The normalized spacial score (nSPS) is 16.6. The van der Waals surface area contributed by atoms with Gasteiger partial charge < -0.3 is 10.2 Å². The van der Waals surface area contributed by atoms with Gasteiger partial charge in [-0.1, -0.05) is 42.5 Å². The molecule has 32 heavy (non-hydrogen) atoms. The molecule has 0 bridgehead atoms. The van der Waals surface area contributed by atoms with Gasteiger partial charge in [0.25, 0.3) is 5.91 Å². The SMILES string of the molecule is Cc1ccccc1-c1ccccc1C(=O)N1CCCC(Nc2nccc(C(F)(F)F)n2)C1. The third-order valence-electron chi connectivity index (χ3n) is 5.58. The summed E-state index contributed by atoms with van der Waals surface area (Å²) < 4.78 is 38.8. The molecule has 166 valence electrons. The number of anilines is 1. The van der Waals surface area contributed by atoms with Gasteiger partial charge in [-0.15, -0.1) is 0 Å². The fourth-order valence-corrected chi connectivity index (χ4v) is 4.00. The number of carbonyl (C=O) groups excluding carboxylic acids is 1. The molecule has 1 saturated heterocycles. The molecule has 5 nitrogen and oxygen atoms in total. The number of benzene rings is 2. The van der Waals surface area contributed by atoms with Crippen molar-refractivity contribution in [1.29, 1.82) is 0 Å². The number of hydrogen-bond donors (Lipinski definition) is 1. The zero-order valence-corrected chi connectivity index (χ0v) is 17.6. The Hall–Kier alpha value is -3.42. The van der Waals surface area contributed by atoms with Crippen LogP contribution in [0, 0.1) is 6.92 Å². The van der Waals surface area contributed by atoms with Crippen LogP contribution in [0.1, 0.15) is 34.5 Å². The first-order valence-corrected chi connectivity index (χ1v) is 10.4. The Labute approximate surface area is 184 Å². The molecule has 1 aromatic heterocycles. The number of carbonyl (C=O) groups is 1. The molecule has 0 aliphatic carbocycles. The predicted molar refractivity (Wildman–Crippen MR) is 116 cm³/mol. The van der Waals surface area contributed by atoms with E-state index in [1.807, 2.05) is 55.5 Å². The lowest BCUT2D eigenvalue weighted by molar-refractivity contribution is -0.141. The largest absolute Gasteiger partial charge is 0.433 e. The highest BCUT2D eigenvalue weighted by Gasteiger charge is 2.33. The molecule has 1 aliphatic heterocycles. The van der Waals surface area contributed by atoms with Crippen molar-refractivity contribution in [3.63, 3.8) is 0 Å². The summed E-state index contributed by atoms with van der Waals surface area (Å²) in [6, 6.07) is 16.0. The third-order valence-corrected chi connectivity index (χ3v) is 5.58. The highest BCUT2D eigenvalue weighted by atomic mass is 19.4. The fraction of sp³-hybridized carbons (Fsp3) is 0.292. The Balaban J connectivity index is 1.53. The second-order valence-corrected chi connectivity index (χ2v) is 7.86. The Morgan fingerprint density at radius 1 is 1.06 bits per heavy atom. The molecule has 2 aromatic carbocycles. The lowest BCUT2D eigenvalue weighted by atomic mass is 9.94. The average Bonchev–Trinajstić information content (AvgIpc) is 2.79. The third kappa shape index (κ3) is 4.74. The number of aryl methyl sites for hydroxylation is 1. The monoisotopic (exact) mass is 440 g/mol. The van der Waals surface area contributed by atoms with E-state index in [0.29, 0.717) is 25.1 Å². The van der Waals surface area contributed by atoms with Gasteiger partial charge in [0.2, 0.25) is 5.95 Å². The van der Waals surface area contributed by atoms with Gasteiger partial charge in [-0.3, -0.25) is 4.79 Å². The molecule has 3 aromatic rings. The molecule has 0 saturated carbocycles. The second-order valence-electron chi connectivity index (χ2n) is 7.86. The molecule has 0 radical (unpaired) electrons. The van der Waals surface area contributed by atoms with Crippen LogP contribution in [0.2, 0.25) is 0 Å². The summed E-state index contributed by atoms with van der Waals surface area (Å²) in [7, 11) is 0. The zero-order valence-electron chi connectivity index (χ0n) is 17.6. The van der Waals surface area contributed by atoms with Crippen LogP contribution in [-0.2, 0) is 6.18 Å². The molecule has 1 aliphatic rings. The van der Waals surface area contributed by atoms with Crippen LogP contribution in [0.25, 0.3) is 11.1 Å². The van der Waals surface area contributed by atoms with Gasteiger partial charge in [-0.2, -0.15) is 13.2 Å². The molecular weight excluding hydrogens is 417 g/mol. The number of hydrogen-bond acceptors (Lipinski definition) is 4. The van der Waals surface area contributed by atoms with Gasteiger partial charge in [-0.05, 0) is 48.6 Å². The maximum atomic E-state index is 13.4. The maximum Gasteiger partial charge on any atom is 0.433 e. The van der Waals surface area contributed by atoms with E-state index < -0.39 is 11.9 Å². The minimum absolute atomic E-state index is 0.0839. The smallest absolute Gasteiger partial charge is 0.350 e. The molecule has 1 amide bonds. The molecular formula is C24H23F3N4O. The van der Waals surface area contributed by atoms with E-state index in [4.69, 9.17) is 0 Å². The second kappa shape index (κ2) is 8.98. The Bertz CT molecular complexity index is 1120. The number of piperidine rings is 1. The van der Waals surface area contributed by atoms with E-state index in [9.17, 15) is 18.0 Å². The van der Waals surface area contributed by atoms with Crippen molar-refractivity contribution in [3.05, 3.63) is 77.6 Å². The highest BCUT2D eigenvalue weighted by molar-refractivity contribution is 6.01. The van der Waals surface area contributed by atoms with Crippen LogP contribution in [-0.4, -0.2) is 39.9 Å². The minimum Gasteiger partial charge on any atom is -0.350 e. The van der Waals surface area contributed by atoms with Gasteiger partial charge >= 0.3 is 6.18 Å². The van der Waals surface area contributed by atoms with Crippen LogP contribution < -0.4 is 5.32 Å². The number of amides is 1. The summed E-state index contributed by atoms with van der Waals surface area (Å²) in [4.78, 5) is 22.6. The Kier molecular flexibility index (Phi) is 6.12. The standard InChI is InChI=1S/C24H23F3N4O/c1-16-7-2-3-9-18(16)19-10-4-5-11-20(19)22(32)31-14-6-8-17(15-31)29-23-28-13-12-21(30-23)24(25,26)27/h2-5,7,9-13,17H,6,8,14-15H2,1H3,(H,28,29,30). The number of alkyl halides is 3. The van der Waals surface area contributed by atoms with Crippen LogP contribution >= 0.6 is 0 Å². The first-order chi connectivity index (χ1) is 15.3. The number of nitrogens with zero attached hydrogens (tertiary/aromatic N) is 3. The fourth-order valence-electron chi connectivity index (χ4n) is 4.00. The van der Waals surface area contributed by atoms with Crippen LogP contribution in [0.3, 0.4) is 0 Å². The van der Waals surface area contributed by atoms with E-state index in [-0.39, 0.29) is 17.9 Å². The van der Waals surface area contributed by atoms with Crippen LogP contribution in [0.4, 0.5) is 19.1 Å². The lowest BCUT2D eigenvalue weighted by Crippen LogP contribution is -2.45. The Morgan fingerprint density at radius 3 is 2.53 bits per heavy atom. The molecule has 8 heteroatoms. The van der Waals surface area contributed by atoms with Gasteiger partial charge in [0.15, 0.2) is 0 Å². The van der Waals surface area contributed by atoms with E-state index in [1.165, 1.54) is 0 Å². The van der Waals surface area contributed by atoms with Crippen molar-refractivity contribution in [2.45, 2.75) is 32.0 Å². The van der Waals surface area contributed by atoms with Gasteiger partial charge in [0.05, 0.1) is 0 Å². The number of rotatable bonds is 4. The summed E-state index contributed by atoms with van der Waals surface area (Å²) in [6.45, 7) is 2.95. The quantitative estimate of drug-likeness (QED) is 0.607. The molecule has 4 rings (SSSR count). The first-order valence-electron chi connectivity index (χ1n) is 10.4.